The number of nitrogens with zero attached hydrogens (tertiary/aromatic N) is 2. The maximum atomic E-state index is 13.6. The number of aromatic nitrogens is 2. The topological polar surface area (TPSA) is 59.1 Å². The molecule has 0 spiro atoms. The minimum Gasteiger partial charge on any atom is -0.377 e. The van der Waals surface area contributed by atoms with Gasteiger partial charge in [-0.1, -0.05) is 6.07 Å². The van der Waals surface area contributed by atoms with E-state index in [0.717, 1.165) is 6.54 Å². The summed E-state index contributed by atoms with van der Waals surface area (Å²) in [7, 11) is 1.59. The van der Waals surface area contributed by atoms with Crippen molar-refractivity contribution < 1.29 is 9.13 Å². The average molecular weight is 290 g/mol. The van der Waals surface area contributed by atoms with E-state index in [1.807, 2.05) is 13.0 Å². The van der Waals surface area contributed by atoms with Gasteiger partial charge in [-0.2, -0.15) is 0 Å². The number of ether oxygens (including phenoxy) is 1. The van der Waals surface area contributed by atoms with Crippen LogP contribution in [0.5, 0.6) is 0 Å². The monoisotopic (exact) mass is 290 g/mol. The Bertz CT molecular complexity index is 594. The van der Waals surface area contributed by atoms with Gasteiger partial charge in [-0.25, -0.2) is 14.4 Å². The lowest BCUT2D eigenvalue weighted by molar-refractivity contribution is 0.178. The quantitative estimate of drug-likeness (QED) is 0.855. The van der Waals surface area contributed by atoms with Gasteiger partial charge in [-0.3, -0.25) is 0 Å². The molecule has 0 fully saturated rings. The number of nitrogens with one attached hydrogen (secondary N) is 2. The standard InChI is InChI=1S/C15H19FN4O/c1-4-17-13-8-14(20-15(19-13)9-21-3)18-12-7-5-6-11(16)10(12)2/h5-8H,4,9H2,1-3H3,(H2,17,18,19,20). The third-order valence-electron chi connectivity index (χ3n) is 2.93. The Kier molecular flexibility index (Phi) is 5.05. The van der Waals surface area contributed by atoms with Gasteiger partial charge in [0, 0.05) is 31.0 Å². The molecule has 5 nitrogen and oxygen atoms in total. The van der Waals surface area contributed by atoms with Crippen LogP contribution in [0, 0.1) is 12.7 Å². The Morgan fingerprint density at radius 2 is 2.00 bits per heavy atom. The highest BCUT2D eigenvalue weighted by molar-refractivity contribution is 5.62. The van der Waals surface area contributed by atoms with E-state index in [1.165, 1.54) is 6.07 Å². The zero-order valence-corrected chi connectivity index (χ0v) is 12.4. The van der Waals surface area contributed by atoms with Gasteiger partial charge in [-0.15, -0.1) is 0 Å². The molecule has 1 heterocycles. The van der Waals surface area contributed by atoms with Gasteiger partial charge < -0.3 is 15.4 Å². The summed E-state index contributed by atoms with van der Waals surface area (Å²) >= 11 is 0. The van der Waals surface area contributed by atoms with Crippen molar-refractivity contribution in [1.82, 2.24) is 9.97 Å². The van der Waals surface area contributed by atoms with Crippen LogP contribution in [-0.4, -0.2) is 23.6 Å². The Morgan fingerprint density at radius 1 is 1.24 bits per heavy atom. The van der Waals surface area contributed by atoms with Crippen LogP contribution >= 0.6 is 0 Å². The summed E-state index contributed by atoms with van der Waals surface area (Å²) in [5, 5.41) is 6.26. The summed E-state index contributed by atoms with van der Waals surface area (Å²) in [5.41, 5.74) is 1.23. The summed E-state index contributed by atoms with van der Waals surface area (Å²) in [5.74, 6) is 1.61. The molecule has 2 rings (SSSR count). The van der Waals surface area contributed by atoms with Crippen molar-refractivity contribution in [3.63, 3.8) is 0 Å². The highest BCUT2D eigenvalue weighted by Gasteiger charge is 2.08. The molecule has 2 aromatic rings. The van der Waals surface area contributed by atoms with E-state index in [1.54, 1.807) is 26.2 Å². The molecule has 0 saturated heterocycles. The number of hydrogen-bond acceptors (Lipinski definition) is 5. The molecule has 2 N–H and O–H groups in total. The number of hydrogen-bond donors (Lipinski definition) is 2. The van der Waals surface area contributed by atoms with Crippen molar-refractivity contribution in [3.8, 4) is 0 Å². The highest BCUT2D eigenvalue weighted by atomic mass is 19.1. The highest BCUT2D eigenvalue weighted by Crippen LogP contribution is 2.22. The maximum Gasteiger partial charge on any atom is 0.158 e. The van der Waals surface area contributed by atoms with Gasteiger partial charge in [0.25, 0.3) is 0 Å². The summed E-state index contributed by atoms with van der Waals surface area (Å²) in [4.78, 5) is 8.69. The van der Waals surface area contributed by atoms with Crippen molar-refractivity contribution in [2.24, 2.45) is 0 Å². The van der Waals surface area contributed by atoms with E-state index in [4.69, 9.17) is 4.74 Å². The molecule has 6 heteroatoms. The molecule has 0 bridgehead atoms. The van der Waals surface area contributed by atoms with Crippen molar-refractivity contribution in [3.05, 3.63) is 41.5 Å². The normalized spacial score (nSPS) is 10.5. The zero-order chi connectivity index (χ0) is 15.2. The fourth-order valence-electron chi connectivity index (χ4n) is 1.91. The van der Waals surface area contributed by atoms with E-state index >= 15 is 0 Å². The van der Waals surface area contributed by atoms with Crippen LogP contribution in [0.2, 0.25) is 0 Å². The van der Waals surface area contributed by atoms with Gasteiger partial charge in [0.1, 0.15) is 24.1 Å². The lowest BCUT2D eigenvalue weighted by Gasteiger charge is -2.12. The molecular formula is C15H19FN4O. The van der Waals surface area contributed by atoms with E-state index in [0.29, 0.717) is 35.3 Å². The van der Waals surface area contributed by atoms with Crippen LogP contribution < -0.4 is 10.6 Å². The van der Waals surface area contributed by atoms with Crippen LogP contribution in [0.4, 0.5) is 21.7 Å². The molecule has 0 amide bonds. The zero-order valence-electron chi connectivity index (χ0n) is 12.4. The largest absolute Gasteiger partial charge is 0.377 e. The first-order chi connectivity index (χ1) is 10.1. The van der Waals surface area contributed by atoms with E-state index in [-0.39, 0.29) is 5.82 Å². The molecule has 1 aromatic heterocycles. The second-order valence-electron chi connectivity index (χ2n) is 4.56. The first kappa shape index (κ1) is 15.2. The molecule has 0 atom stereocenters. The van der Waals surface area contributed by atoms with Crippen LogP contribution in [0.1, 0.15) is 18.3 Å². The Hall–Kier alpha value is -2.21. The summed E-state index contributed by atoms with van der Waals surface area (Å²) < 4.78 is 18.6. The molecule has 0 aliphatic carbocycles. The van der Waals surface area contributed by atoms with Crippen molar-refractivity contribution in [1.29, 1.82) is 0 Å². The minimum atomic E-state index is -0.252. The molecule has 0 radical (unpaired) electrons. The van der Waals surface area contributed by atoms with Gasteiger partial charge in [-0.05, 0) is 26.0 Å². The molecule has 0 aliphatic rings. The van der Waals surface area contributed by atoms with Crippen LogP contribution in [0.25, 0.3) is 0 Å². The van der Waals surface area contributed by atoms with Crippen molar-refractivity contribution in [2.45, 2.75) is 20.5 Å². The first-order valence-corrected chi connectivity index (χ1v) is 6.77. The predicted octanol–water partition coefficient (Wildman–Crippen LogP) is 3.25. The second-order valence-corrected chi connectivity index (χ2v) is 4.56. The van der Waals surface area contributed by atoms with Gasteiger partial charge in [0.05, 0.1) is 0 Å². The summed E-state index contributed by atoms with van der Waals surface area (Å²) in [6.45, 7) is 4.78. The molecule has 0 unspecified atom stereocenters. The maximum absolute atomic E-state index is 13.6. The van der Waals surface area contributed by atoms with E-state index < -0.39 is 0 Å². The van der Waals surface area contributed by atoms with Crippen molar-refractivity contribution in [2.75, 3.05) is 24.3 Å². The molecule has 112 valence electrons. The Labute approximate surface area is 123 Å². The third kappa shape index (κ3) is 3.88. The Balaban J connectivity index is 2.31. The van der Waals surface area contributed by atoms with Crippen LogP contribution in [-0.2, 0) is 11.3 Å². The fourth-order valence-corrected chi connectivity index (χ4v) is 1.91. The SMILES string of the molecule is CCNc1cc(Nc2cccc(F)c2C)nc(COC)n1. The molecule has 21 heavy (non-hydrogen) atoms. The van der Waals surface area contributed by atoms with Gasteiger partial charge in [0.15, 0.2) is 5.82 Å². The second kappa shape index (κ2) is 6.99. The smallest absolute Gasteiger partial charge is 0.158 e. The number of anilines is 3. The fraction of sp³-hybridized carbons (Fsp3) is 0.333. The Morgan fingerprint density at radius 3 is 2.71 bits per heavy atom. The first-order valence-electron chi connectivity index (χ1n) is 6.77. The third-order valence-corrected chi connectivity index (χ3v) is 2.93. The molecule has 0 aliphatic heterocycles. The number of benzene rings is 1. The van der Waals surface area contributed by atoms with Crippen LogP contribution in [0.3, 0.4) is 0 Å². The lowest BCUT2D eigenvalue weighted by atomic mass is 10.2. The summed E-state index contributed by atoms with van der Waals surface area (Å²) in [6.07, 6.45) is 0. The van der Waals surface area contributed by atoms with Gasteiger partial charge in [0.2, 0.25) is 0 Å². The average Bonchev–Trinajstić information content (AvgIpc) is 2.44. The van der Waals surface area contributed by atoms with Gasteiger partial charge >= 0.3 is 0 Å². The predicted molar refractivity (Wildman–Crippen MR) is 81.3 cm³/mol. The minimum absolute atomic E-state index is 0.252. The number of halogens is 1. The van der Waals surface area contributed by atoms with E-state index in [9.17, 15) is 4.39 Å². The number of methoxy groups -OCH3 is 1. The molecular weight excluding hydrogens is 271 g/mol. The number of rotatable bonds is 6. The molecule has 0 saturated carbocycles. The summed E-state index contributed by atoms with van der Waals surface area (Å²) in [6, 6.07) is 6.69. The molecule has 1 aromatic carbocycles. The van der Waals surface area contributed by atoms with Crippen LogP contribution in [0.15, 0.2) is 24.3 Å². The lowest BCUT2D eigenvalue weighted by Crippen LogP contribution is -2.07. The van der Waals surface area contributed by atoms with E-state index in [2.05, 4.69) is 20.6 Å². The van der Waals surface area contributed by atoms with Crippen molar-refractivity contribution >= 4 is 17.3 Å².